The first-order valence-electron chi connectivity index (χ1n) is 9.68. The molecular formula is C20H26N2O2S2. The van der Waals surface area contributed by atoms with E-state index in [2.05, 4.69) is 6.58 Å². The van der Waals surface area contributed by atoms with E-state index in [0.717, 1.165) is 53.4 Å². The minimum absolute atomic E-state index is 0.112. The van der Waals surface area contributed by atoms with Gasteiger partial charge in [-0.2, -0.15) is 0 Å². The van der Waals surface area contributed by atoms with Crippen molar-refractivity contribution in [3.63, 3.8) is 0 Å². The zero-order valence-corrected chi connectivity index (χ0v) is 16.8. The van der Waals surface area contributed by atoms with E-state index in [4.69, 9.17) is 9.72 Å². The fourth-order valence-electron chi connectivity index (χ4n) is 3.90. The summed E-state index contributed by atoms with van der Waals surface area (Å²) in [6.45, 7) is 5.21. The lowest BCUT2D eigenvalue weighted by Gasteiger charge is -2.22. The second-order valence-corrected chi connectivity index (χ2v) is 9.21. The number of nitrogens with zero attached hydrogens (tertiary/aromatic N) is 2. The van der Waals surface area contributed by atoms with Crippen molar-refractivity contribution in [2.75, 3.05) is 12.4 Å². The molecule has 1 aliphatic carbocycles. The Labute approximate surface area is 162 Å². The minimum atomic E-state index is 0.112. The number of hydrogen-bond donors (Lipinski definition) is 0. The van der Waals surface area contributed by atoms with E-state index in [1.807, 2.05) is 0 Å². The van der Waals surface area contributed by atoms with Crippen molar-refractivity contribution in [1.82, 2.24) is 9.55 Å². The monoisotopic (exact) mass is 390 g/mol. The van der Waals surface area contributed by atoms with E-state index < -0.39 is 0 Å². The number of ether oxygens (including phenoxy) is 1. The topological polar surface area (TPSA) is 44.1 Å². The molecule has 1 fully saturated rings. The average Bonchev–Trinajstić information content (AvgIpc) is 2.85. The maximum Gasteiger partial charge on any atom is 0.263 e. The van der Waals surface area contributed by atoms with Crippen LogP contribution in [0.25, 0.3) is 10.2 Å². The second-order valence-electron chi connectivity index (χ2n) is 7.14. The van der Waals surface area contributed by atoms with Gasteiger partial charge in [-0.25, -0.2) is 4.98 Å². The molecule has 2 aromatic rings. The van der Waals surface area contributed by atoms with Crippen molar-refractivity contribution in [1.29, 1.82) is 0 Å². The number of aryl methyl sites for hydroxylation is 2. The summed E-state index contributed by atoms with van der Waals surface area (Å²) in [5, 5.41) is 1.68. The van der Waals surface area contributed by atoms with E-state index >= 15 is 0 Å². The van der Waals surface area contributed by atoms with Crippen LogP contribution in [0.4, 0.5) is 0 Å². The molecule has 0 N–H and O–H groups in total. The van der Waals surface area contributed by atoms with Gasteiger partial charge in [-0.15, -0.1) is 17.9 Å². The van der Waals surface area contributed by atoms with E-state index in [1.54, 1.807) is 33.7 Å². The van der Waals surface area contributed by atoms with Gasteiger partial charge in [0.15, 0.2) is 5.16 Å². The van der Waals surface area contributed by atoms with Gasteiger partial charge >= 0.3 is 0 Å². The molecule has 1 aliphatic heterocycles. The number of hydrogen-bond acceptors (Lipinski definition) is 5. The van der Waals surface area contributed by atoms with Crippen molar-refractivity contribution < 1.29 is 4.74 Å². The van der Waals surface area contributed by atoms with E-state index in [0.29, 0.717) is 6.54 Å². The molecule has 2 aromatic heterocycles. The van der Waals surface area contributed by atoms with Crippen LogP contribution >= 0.6 is 23.1 Å². The summed E-state index contributed by atoms with van der Waals surface area (Å²) in [7, 11) is 0. The number of thioether (sulfide) groups is 1. The lowest BCUT2D eigenvalue weighted by Crippen LogP contribution is -2.25. The third kappa shape index (κ3) is 3.64. The summed E-state index contributed by atoms with van der Waals surface area (Å²) < 4.78 is 7.65. The molecule has 2 aliphatic rings. The van der Waals surface area contributed by atoms with Gasteiger partial charge in [0.05, 0.1) is 11.5 Å². The van der Waals surface area contributed by atoms with Crippen molar-refractivity contribution in [3.05, 3.63) is 33.4 Å². The molecule has 4 nitrogen and oxygen atoms in total. The predicted molar refractivity (Wildman–Crippen MR) is 110 cm³/mol. The summed E-state index contributed by atoms with van der Waals surface area (Å²) in [6.07, 6.45) is 11.3. The van der Waals surface area contributed by atoms with Crippen LogP contribution in [0.1, 0.15) is 49.0 Å². The molecule has 0 bridgehead atoms. The maximum absolute atomic E-state index is 13.3. The number of allylic oxidation sites excluding steroid dienone is 1. The zero-order chi connectivity index (χ0) is 17.9. The summed E-state index contributed by atoms with van der Waals surface area (Å²) in [5.41, 5.74) is 1.38. The summed E-state index contributed by atoms with van der Waals surface area (Å²) >= 11 is 3.39. The number of rotatable bonds is 5. The summed E-state index contributed by atoms with van der Waals surface area (Å²) in [6, 6.07) is 0. The Morgan fingerprint density at radius 2 is 2.15 bits per heavy atom. The van der Waals surface area contributed by atoms with Crippen LogP contribution in [0.15, 0.2) is 22.6 Å². The molecule has 140 valence electrons. The van der Waals surface area contributed by atoms with Crippen LogP contribution in [-0.4, -0.2) is 28.0 Å². The van der Waals surface area contributed by atoms with Gasteiger partial charge in [0.1, 0.15) is 4.83 Å². The standard InChI is InChI=1S/C20H26N2O2S2/c1-2-11-22-19(23)17-15-9-4-3-5-10-16(15)26-18(17)21-20(22)25-13-14-8-6-7-12-24-14/h2,14H,1,3-13H2/t14-/m1/s1. The highest BCUT2D eigenvalue weighted by Gasteiger charge is 2.22. The Morgan fingerprint density at radius 1 is 1.27 bits per heavy atom. The normalized spacial score (nSPS) is 20.7. The fraction of sp³-hybridized carbons (Fsp3) is 0.600. The van der Waals surface area contributed by atoms with Gasteiger partial charge in [0.25, 0.3) is 5.56 Å². The highest BCUT2D eigenvalue weighted by atomic mass is 32.2. The van der Waals surface area contributed by atoms with Crippen molar-refractivity contribution >= 4 is 33.3 Å². The van der Waals surface area contributed by atoms with Crippen molar-refractivity contribution in [3.8, 4) is 0 Å². The molecule has 1 atom stereocenters. The highest BCUT2D eigenvalue weighted by molar-refractivity contribution is 7.99. The van der Waals surface area contributed by atoms with Gasteiger partial charge in [-0.3, -0.25) is 9.36 Å². The molecule has 4 rings (SSSR count). The van der Waals surface area contributed by atoms with Gasteiger partial charge in [-0.1, -0.05) is 24.3 Å². The summed E-state index contributed by atoms with van der Waals surface area (Å²) in [4.78, 5) is 20.5. The lowest BCUT2D eigenvalue weighted by molar-refractivity contribution is 0.0315. The van der Waals surface area contributed by atoms with Gasteiger partial charge in [-0.05, 0) is 50.5 Å². The van der Waals surface area contributed by atoms with Crippen LogP contribution in [0, 0.1) is 0 Å². The number of thiophene rings is 1. The fourth-order valence-corrected chi connectivity index (χ4v) is 6.28. The van der Waals surface area contributed by atoms with Crippen LogP contribution in [0.5, 0.6) is 0 Å². The number of fused-ring (bicyclic) bond motifs is 3. The Morgan fingerprint density at radius 3 is 2.96 bits per heavy atom. The molecule has 0 amide bonds. The third-order valence-electron chi connectivity index (χ3n) is 5.27. The molecular weight excluding hydrogens is 364 g/mol. The van der Waals surface area contributed by atoms with Gasteiger partial charge in [0.2, 0.25) is 0 Å². The van der Waals surface area contributed by atoms with Crippen LogP contribution in [0.3, 0.4) is 0 Å². The van der Waals surface area contributed by atoms with Crippen LogP contribution < -0.4 is 5.56 Å². The van der Waals surface area contributed by atoms with Crippen molar-refractivity contribution in [2.24, 2.45) is 0 Å². The van der Waals surface area contributed by atoms with Gasteiger partial charge < -0.3 is 4.74 Å². The molecule has 0 aromatic carbocycles. The minimum Gasteiger partial charge on any atom is -0.377 e. The smallest absolute Gasteiger partial charge is 0.263 e. The lowest BCUT2D eigenvalue weighted by atomic mass is 10.1. The Kier molecular flexibility index (Phi) is 5.81. The predicted octanol–water partition coefficient (Wildman–Crippen LogP) is 4.57. The zero-order valence-electron chi connectivity index (χ0n) is 15.2. The Hall–Kier alpha value is -1.11. The first kappa shape index (κ1) is 18.3. The van der Waals surface area contributed by atoms with Crippen molar-refractivity contribution in [2.45, 2.75) is 69.2 Å². The SMILES string of the molecule is C=CCn1c(SC[C@H]2CCCCO2)nc2sc3c(c2c1=O)CCCCC3. The molecule has 3 heterocycles. The molecule has 1 saturated heterocycles. The maximum atomic E-state index is 13.3. The summed E-state index contributed by atoms with van der Waals surface area (Å²) in [5.74, 6) is 0.861. The first-order valence-corrected chi connectivity index (χ1v) is 11.5. The Balaban J connectivity index is 1.71. The van der Waals surface area contributed by atoms with E-state index in [1.165, 1.54) is 36.1 Å². The molecule has 0 unspecified atom stereocenters. The Bertz CT molecular complexity index is 850. The average molecular weight is 391 g/mol. The third-order valence-corrected chi connectivity index (χ3v) is 7.57. The molecule has 26 heavy (non-hydrogen) atoms. The van der Waals surface area contributed by atoms with Crippen LogP contribution in [0.2, 0.25) is 0 Å². The second kappa shape index (κ2) is 8.28. The quantitative estimate of drug-likeness (QED) is 0.325. The number of aromatic nitrogens is 2. The van der Waals surface area contributed by atoms with E-state index in [9.17, 15) is 4.79 Å². The molecule has 0 radical (unpaired) electrons. The molecule has 0 saturated carbocycles. The highest BCUT2D eigenvalue weighted by Crippen LogP contribution is 2.34. The van der Waals surface area contributed by atoms with Gasteiger partial charge in [0, 0.05) is 23.8 Å². The van der Waals surface area contributed by atoms with Crippen LogP contribution in [-0.2, 0) is 24.1 Å². The first-order chi connectivity index (χ1) is 12.8. The van der Waals surface area contributed by atoms with E-state index in [-0.39, 0.29) is 11.7 Å². The molecule has 6 heteroatoms. The largest absolute Gasteiger partial charge is 0.377 e. The molecule has 0 spiro atoms.